The van der Waals surface area contributed by atoms with Gasteiger partial charge in [0.15, 0.2) is 0 Å². The van der Waals surface area contributed by atoms with Gasteiger partial charge >= 0.3 is 5.97 Å². The summed E-state index contributed by atoms with van der Waals surface area (Å²) in [5, 5.41) is 13.2. The fourth-order valence-corrected chi connectivity index (χ4v) is 4.90. The molecule has 0 amide bonds. The molecule has 0 fully saturated rings. The van der Waals surface area contributed by atoms with Crippen LogP contribution in [0.2, 0.25) is 0 Å². The second-order valence-electron chi connectivity index (χ2n) is 4.26. The van der Waals surface area contributed by atoms with Crippen LogP contribution in [0.3, 0.4) is 0 Å². The molecule has 10 heteroatoms. The Morgan fingerprint density at radius 2 is 2.19 bits per heavy atom. The third kappa shape index (κ3) is 3.34. The molecule has 0 spiro atoms. The summed E-state index contributed by atoms with van der Waals surface area (Å²) in [7, 11) is -2.26. The summed E-state index contributed by atoms with van der Waals surface area (Å²) in [4.78, 5) is 11.4. The molecule has 2 aromatic rings. The number of aromatic nitrogens is 2. The quantitative estimate of drug-likeness (QED) is 0.803. The molecule has 2 N–H and O–H groups in total. The molecule has 0 radical (unpaired) electrons. The molecule has 0 aliphatic carbocycles. The van der Waals surface area contributed by atoms with Crippen molar-refractivity contribution in [1.82, 2.24) is 14.5 Å². The number of aryl methyl sites for hydroxylation is 1. The van der Waals surface area contributed by atoms with Crippen molar-refractivity contribution < 1.29 is 18.3 Å². The van der Waals surface area contributed by atoms with Crippen LogP contribution in [0.25, 0.3) is 0 Å². The molecule has 0 saturated heterocycles. The molecule has 0 saturated carbocycles. The van der Waals surface area contributed by atoms with E-state index >= 15 is 0 Å². The van der Waals surface area contributed by atoms with Crippen molar-refractivity contribution in [2.75, 3.05) is 0 Å². The fourth-order valence-electron chi connectivity index (χ4n) is 1.70. The first-order valence-corrected chi connectivity index (χ1v) is 8.80. The molecule has 1 unspecified atom stereocenters. The van der Waals surface area contributed by atoms with Gasteiger partial charge in [0.25, 0.3) is 10.0 Å². The Hall–Kier alpha value is -1.23. The van der Waals surface area contributed by atoms with E-state index in [0.29, 0.717) is 15.0 Å². The van der Waals surface area contributed by atoms with Crippen LogP contribution in [-0.4, -0.2) is 29.3 Å². The zero-order chi connectivity index (χ0) is 15.8. The van der Waals surface area contributed by atoms with Crippen molar-refractivity contribution in [3.63, 3.8) is 0 Å². The predicted octanol–water partition coefficient (Wildman–Crippen LogP) is 1.66. The van der Waals surface area contributed by atoms with E-state index in [4.69, 9.17) is 0 Å². The largest absolute Gasteiger partial charge is 0.480 e. The predicted molar refractivity (Wildman–Crippen MR) is 80.7 cm³/mol. The Bertz CT molecular complexity index is 781. The number of aliphatic carboxylic acids is 1. The zero-order valence-electron chi connectivity index (χ0n) is 11.1. The zero-order valence-corrected chi connectivity index (χ0v) is 14.3. The Morgan fingerprint density at radius 3 is 2.62 bits per heavy atom. The minimum atomic E-state index is -3.92. The van der Waals surface area contributed by atoms with Crippen LogP contribution in [0.1, 0.15) is 17.3 Å². The van der Waals surface area contributed by atoms with Gasteiger partial charge in [-0.15, -0.1) is 11.3 Å². The van der Waals surface area contributed by atoms with Crippen LogP contribution in [0, 0.1) is 6.92 Å². The number of hydrogen-bond acceptors (Lipinski definition) is 5. The van der Waals surface area contributed by atoms with Gasteiger partial charge in [0.1, 0.15) is 10.3 Å². The van der Waals surface area contributed by atoms with Crippen molar-refractivity contribution in [3.8, 4) is 0 Å². The minimum absolute atomic E-state index is 0.0437. The average Bonchev–Trinajstić information content (AvgIpc) is 2.96. The highest BCUT2D eigenvalue weighted by molar-refractivity contribution is 9.11. The van der Waals surface area contributed by atoms with Crippen LogP contribution < -0.4 is 4.72 Å². The maximum absolute atomic E-state index is 12.2. The summed E-state index contributed by atoms with van der Waals surface area (Å²) >= 11 is 4.18. The molecule has 0 aliphatic heterocycles. The minimum Gasteiger partial charge on any atom is -0.480 e. The van der Waals surface area contributed by atoms with Crippen LogP contribution >= 0.6 is 27.3 Å². The molecule has 114 valence electrons. The molecule has 21 heavy (non-hydrogen) atoms. The summed E-state index contributed by atoms with van der Waals surface area (Å²) < 4.78 is 28.9. The lowest BCUT2D eigenvalue weighted by Crippen LogP contribution is -2.33. The van der Waals surface area contributed by atoms with Gasteiger partial charge in [0.05, 0.1) is 9.98 Å². The molecule has 1 atom stereocenters. The SMILES string of the molecule is Cc1c(C(NS(=O)(=O)c2ccc(Br)s2)C(=O)O)cnn1C. The molecular weight excluding hydrogens is 382 g/mol. The maximum atomic E-state index is 12.2. The standard InChI is InChI=1S/C11H12BrN3O4S2/c1-6-7(5-13-15(6)2)10(11(16)17)14-21(18,19)9-4-3-8(12)20-9/h3-5,10,14H,1-2H3,(H,16,17). The van der Waals surface area contributed by atoms with E-state index in [0.717, 1.165) is 11.3 Å². The second kappa shape index (κ2) is 5.87. The highest BCUT2D eigenvalue weighted by Gasteiger charge is 2.30. The Morgan fingerprint density at radius 1 is 1.52 bits per heavy atom. The summed E-state index contributed by atoms with van der Waals surface area (Å²) in [6.45, 7) is 1.67. The van der Waals surface area contributed by atoms with Gasteiger partial charge in [-0.25, -0.2) is 8.42 Å². The molecule has 0 bridgehead atoms. The molecule has 0 aromatic carbocycles. The van der Waals surface area contributed by atoms with E-state index in [1.807, 2.05) is 0 Å². The lowest BCUT2D eigenvalue weighted by atomic mass is 10.1. The van der Waals surface area contributed by atoms with E-state index in [9.17, 15) is 18.3 Å². The van der Waals surface area contributed by atoms with E-state index < -0.39 is 22.0 Å². The molecule has 2 heterocycles. The Kier molecular flexibility index (Phi) is 4.51. The summed E-state index contributed by atoms with van der Waals surface area (Å²) in [6.07, 6.45) is 1.35. The third-order valence-corrected chi connectivity index (χ3v) is 6.46. The highest BCUT2D eigenvalue weighted by atomic mass is 79.9. The average molecular weight is 394 g/mol. The van der Waals surface area contributed by atoms with Crippen molar-refractivity contribution in [1.29, 1.82) is 0 Å². The molecule has 7 nitrogen and oxygen atoms in total. The number of thiophene rings is 1. The third-order valence-electron chi connectivity index (χ3n) is 2.92. The number of nitrogens with zero attached hydrogens (tertiary/aromatic N) is 2. The number of carboxylic acids is 1. The number of halogens is 1. The van der Waals surface area contributed by atoms with E-state index in [1.165, 1.54) is 16.9 Å². The lowest BCUT2D eigenvalue weighted by molar-refractivity contribution is -0.139. The first-order valence-electron chi connectivity index (χ1n) is 5.71. The topological polar surface area (TPSA) is 101 Å². The van der Waals surface area contributed by atoms with Crippen LogP contribution in [0.15, 0.2) is 26.3 Å². The molecule has 0 aliphatic rings. The summed E-state index contributed by atoms with van der Waals surface area (Å²) in [6, 6.07) is 1.61. The number of nitrogens with one attached hydrogen (secondary N) is 1. The maximum Gasteiger partial charge on any atom is 0.326 e. The van der Waals surface area contributed by atoms with Crippen molar-refractivity contribution in [3.05, 3.63) is 33.4 Å². The number of sulfonamides is 1. The van der Waals surface area contributed by atoms with Gasteiger partial charge in [-0.2, -0.15) is 9.82 Å². The number of hydrogen-bond donors (Lipinski definition) is 2. The number of carboxylic acid groups (broad SMARTS) is 1. The lowest BCUT2D eigenvalue weighted by Gasteiger charge is -2.13. The summed E-state index contributed by atoms with van der Waals surface area (Å²) in [5.74, 6) is -1.29. The van der Waals surface area contributed by atoms with Gasteiger partial charge in [0.2, 0.25) is 0 Å². The van der Waals surface area contributed by atoms with E-state index in [-0.39, 0.29) is 4.21 Å². The Balaban J connectivity index is 2.37. The van der Waals surface area contributed by atoms with Gasteiger partial charge in [-0.05, 0) is 35.0 Å². The summed E-state index contributed by atoms with van der Waals surface area (Å²) in [5.41, 5.74) is 0.890. The van der Waals surface area contributed by atoms with Gasteiger partial charge in [-0.1, -0.05) is 0 Å². The smallest absolute Gasteiger partial charge is 0.326 e. The van der Waals surface area contributed by atoms with Crippen LogP contribution in [0.4, 0.5) is 0 Å². The van der Waals surface area contributed by atoms with E-state index in [1.54, 1.807) is 20.0 Å². The highest BCUT2D eigenvalue weighted by Crippen LogP contribution is 2.27. The monoisotopic (exact) mass is 393 g/mol. The van der Waals surface area contributed by atoms with Crippen LogP contribution in [-0.2, 0) is 21.9 Å². The van der Waals surface area contributed by atoms with Crippen molar-refractivity contribution in [2.45, 2.75) is 17.2 Å². The van der Waals surface area contributed by atoms with Gasteiger partial charge < -0.3 is 5.11 Å². The van der Waals surface area contributed by atoms with Crippen molar-refractivity contribution in [2.24, 2.45) is 7.05 Å². The first kappa shape index (κ1) is 16.1. The van der Waals surface area contributed by atoms with Gasteiger partial charge in [-0.3, -0.25) is 9.48 Å². The normalized spacial score (nSPS) is 13.3. The first-order chi connectivity index (χ1) is 9.72. The number of rotatable bonds is 5. The Labute approximate surface area is 133 Å². The number of carbonyl (C=O) groups is 1. The van der Waals surface area contributed by atoms with Crippen LogP contribution in [0.5, 0.6) is 0 Å². The molecule has 2 aromatic heterocycles. The van der Waals surface area contributed by atoms with Crippen molar-refractivity contribution >= 4 is 43.3 Å². The van der Waals surface area contributed by atoms with E-state index in [2.05, 4.69) is 25.8 Å². The second-order valence-corrected chi connectivity index (χ2v) is 8.66. The fraction of sp³-hybridized carbons (Fsp3) is 0.273. The molecule has 2 rings (SSSR count). The van der Waals surface area contributed by atoms with Gasteiger partial charge in [0, 0.05) is 18.3 Å². The molecular formula is C11H12BrN3O4S2.